The Hall–Kier alpha value is -9.46. The molecule has 3 N–H and O–H groups in total. The van der Waals surface area contributed by atoms with E-state index in [1.54, 1.807) is 13.0 Å². The minimum atomic E-state index is -4.51. The van der Waals surface area contributed by atoms with E-state index < -0.39 is 34.9 Å². The average Bonchev–Trinajstić information content (AvgIpc) is 1.57. The number of ether oxygens (including phenoxy) is 1. The van der Waals surface area contributed by atoms with Gasteiger partial charge in [0.1, 0.15) is 22.8 Å². The lowest BCUT2D eigenvalue weighted by Gasteiger charge is -2.47. The smallest absolute Gasteiger partial charge is 0.451 e. The molecule has 0 radical (unpaired) electrons. The Kier molecular flexibility index (Phi) is 39.2. The third kappa shape index (κ3) is 29.2. The van der Waals surface area contributed by atoms with Gasteiger partial charge in [0.25, 0.3) is 0 Å². The minimum absolute atomic E-state index is 0. The summed E-state index contributed by atoms with van der Waals surface area (Å²) in [6.07, 6.45) is 13.4. The highest BCUT2D eigenvalue weighted by atomic mass is 35.5. The SMILES string of the molecule is C.CC(=O)N(C)C1(c2ccccc2)CCN(C)CC1.CN1CCC(O)(c2ccc(Cl)c(C(F)(F)F)c2)CC1.CN1CCC(c2cc3ccccc3o2)CC1.CN1CCC(c2ccc(Cl)cc2)CC1.CN1CCC(c2nn[nH]n2)CC1.CN1CCC(n2c(=O)[nH]c3ccccc32)CC1.CN1CCC(n2ccnc2)CC1.CN1CCC2(CC1)OC(=O)c1cc(Cl)ccc12.CN1CCn2c(nnc2C(F)(F)F)C1. The number of imidazole rings is 2. The summed E-state index contributed by atoms with van der Waals surface area (Å²) in [6, 6.07) is 47.3. The number of carbonyl (C=O) groups is 2. The number of nitrogens with zero attached hydrogens (tertiary/aromatic N) is 19. The quantitative estimate of drug-likeness (QED) is 0.0944. The van der Waals surface area contributed by atoms with E-state index in [9.17, 15) is 45.8 Å². The molecule has 0 aliphatic carbocycles. The molecule has 1 amide bonds. The van der Waals surface area contributed by atoms with E-state index >= 15 is 0 Å². The second kappa shape index (κ2) is 50.2. The maximum Gasteiger partial charge on any atom is 0.451 e. The Morgan fingerprint density at radius 3 is 1.61 bits per heavy atom. The van der Waals surface area contributed by atoms with E-state index in [4.69, 9.17) is 44.0 Å². The van der Waals surface area contributed by atoms with Gasteiger partial charge in [-0.25, -0.2) is 14.6 Å². The lowest BCUT2D eigenvalue weighted by molar-refractivity contribution is -0.148. The normalized spacial score (nSPS) is 20.0. The number of aromatic nitrogens is 11. The van der Waals surface area contributed by atoms with Gasteiger partial charge in [-0.1, -0.05) is 132 Å². The van der Waals surface area contributed by atoms with Gasteiger partial charge < -0.3 is 72.5 Å². The number of likely N-dealkylation sites (N-methyl/N-ethyl adjacent to an activating group) is 1. The van der Waals surface area contributed by atoms with Gasteiger partial charge in [-0.05, 0) is 302 Å². The highest BCUT2D eigenvalue weighted by Gasteiger charge is 2.48. The molecule has 15 heterocycles. The van der Waals surface area contributed by atoms with Crippen LogP contribution in [0.2, 0.25) is 15.1 Å². The number of fused-ring (bicyclic) bond motifs is 5. The van der Waals surface area contributed by atoms with Gasteiger partial charge in [-0.3, -0.25) is 14.3 Å². The standard InChI is InChI=1S/C15H22N2O.C14H17NO.C13H15ClF3NO.C13H14ClNO2.C13H17N3O.C12H16ClN.C9H15N3.C7H9F3N4.C7H13N5.CH4/c1-13(18)17(3)15(9-11-16(2)12-10-15)14-7-5-4-6-8-14;1-15-8-6-11(7-9-15)14-10-12-4-2-3-5-13(12)16-14;1-18-6-4-12(19,5-7-18)9-2-3-11(14)10(8-9)13(15,16)17;1-15-6-4-13(5-7-15)11-3-2-9(14)8-10(11)12(16)17-13;1-15-8-6-10(7-9-15)16-12-5-3-2-4-11(12)14-13(16)17;1-14-8-6-11(7-9-14)10-2-4-12(13)5-3-10;1-11-5-2-9(3-6-11)12-7-4-10-8-12;1-13-2-3-14-5(4-13)11-12-6(14)7(8,9)10;1-12-4-2-6(3-5-12)7-8-10-11-9-7;/h4-8H,9-12H2,1-3H3;2-5,10-11H,6-9H2,1H3;2-3,8,19H,4-7H2,1H3;2-3,8H,4-7H2,1H3;2-5,10H,6-9H2,1H3,(H,14,17);2-5,11H,6-9H2,1H3;4,7-9H,2-3,5-6H2,1H3;2-4H2,1H3;6H,2-5H2,1H3,(H,8,9,10,11);1H4. The third-order valence-corrected chi connectivity index (χ3v) is 30.0. The first kappa shape index (κ1) is 109. The van der Waals surface area contributed by atoms with E-state index in [-0.39, 0.29) is 41.1 Å². The number of carbonyl (C=O) groups excluding carboxylic acids is 2. The molecule has 36 heteroatoms. The molecule has 0 unspecified atom stereocenters. The summed E-state index contributed by atoms with van der Waals surface area (Å²) in [4.78, 5) is 65.0. The number of para-hydroxylation sites is 3. The van der Waals surface area contributed by atoms with Crippen LogP contribution in [0.3, 0.4) is 0 Å². The number of nitrogens with one attached hydrogen (secondary N) is 2. The Labute approximate surface area is 834 Å². The first-order valence-corrected chi connectivity index (χ1v) is 49.8. The van der Waals surface area contributed by atoms with Crippen molar-refractivity contribution in [2.75, 3.05) is 182 Å². The van der Waals surface area contributed by atoms with Gasteiger partial charge >= 0.3 is 24.0 Å². The van der Waals surface area contributed by atoms with Gasteiger partial charge in [0.2, 0.25) is 11.7 Å². The second-order valence-electron chi connectivity index (χ2n) is 39.1. The van der Waals surface area contributed by atoms with Crippen molar-refractivity contribution >= 4 is 68.7 Å². The summed E-state index contributed by atoms with van der Waals surface area (Å²) < 4.78 is 92.4. The van der Waals surface area contributed by atoms with Crippen molar-refractivity contribution in [3.8, 4) is 0 Å². The fourth-order valence-corrected chi connectivity index (χ4v) is 20.5. The number of furan rings is 1. The maximum absolute atomic E-state index is 12.8. The van der Waals surface area contributed by atoms with Crippen molar-refractivity contribution in [3.63, 3.8) is 0 Å². The highest BCUT2D eigenvalue weighted by molar-refractivity contribution is 6.31. The Morgan fingerprint density at radius 1 is 0.521 bits per heavy atom. The van der Waals surface area contributed by atoms with Crippen molar-refractivity contribution in [2.24, 2.45) is 0 Å². The number of alkyl halides is 6. The number of halogens is 9. The number of amides is 1. The molecular weight excluding hydrogens is 1860 g/mol. The van der Waals surface area contributed by atoms with Crippen LogP contribution in [0.25, 0.3) is 22.0 Å². The van der Waals surface area contributed by atoms with Crippen molar-refractivity contribution in [1.29, 1.82) is 0 Å². The van der Waals surface area contributed by atoms with Crippen LogP contribution < -0.4 is 5.69 Å². The number of piperidine rings is 8. The van der Waals surface area contributed by atoms with Gasteiger partial charge in [0.15, 0.2) is 5.82 Å². The molecule has 8 fully saturated rings. The van der Waals surface area contributed by atoms with Gasteiger partial charge in [-0.2, -0.15) is 31.6 Å². The van der Waals surface area contributed by atoms with E-state index in [1.165, 1.54) is 112 Å². The molecule has 10 aliphatic heterocycles. The first-order valence-electron chi connectivity index (χ1n) is 48.7. The molecule has 6 aromatic carbocycles. The molecule has 0 atom stereocenters. The zero-order valence-electron chi connectivity index (χ0n) is 82.1. The number of rotatable bonds is 8. The molecule has 8 saturated heterocycles. The highest BCUT2D eigenvalue weighted by Crippen LogP contribution is 2.46. The zero-order valence-corrected chi connectivity index (χ0v) is 84.4. The van der Waals surface area contributed by atoms with Crippen LogP contribution in [0.4, 0.5) is 26.3 Å². The Bertz CT molecular complexity index is 5600. The molecule has 0 bridgehead atoms. The third-order valence-electron chi connectivity index (χ3n) is 29.2. The first-order chi connectivity index (χ1) is 66.4. The molecular formula is C104H142Cl3F6N21O6. The van der Waals surface area contributed by atoms with Crippen LogP contribution in [0, 0.1) is 0 Å². The summed E-state index contributed by atoms with van der Waals surface area (Å²) in [7, 11) is 20.8. The van der Waals surface area contributed by atoms with Crippen molar-refractivity contribution in [3.05, 3.63) is 246 Å². The average molecular weight is 2000 g/mol. The van der Waals surface area contributed by atoms with E-state index in [0.717, 1.165) is 153 Å². The number of esters is 1. The Balaban J connectivity index is 0.000000141. The van der Waals surface area contributed by atoms with Gasteiger partial charge in [0.05, 0.1) is 51.2 Å². The minimum Gasteiger partial charge on any atom is -0.461 e. The number of benzene rings is 6. The number of aliphatic hydroxyl groups is 1. The molecule has 5 aromatic heterocycles. The van der Waals surface area contributed by atoms with Gasteiger partial charge in [-0.15, -0.1) is 20.4 Å². The number of hydrogen-bond acceptors (Lipinski definition) is 21. The summed E-state index contributed by atoms with van der Waals surface area (Å²) in [5.74, 6) is 3.33. The molecule has 10 aliphatic rings. The lowest BCUT2D eigenvalue weighted by Crippen LogP contribution is -2.52. The molecule has 11 aromatic rings. The predicted molar refractivity (Wildman–Crippen MR) is 540 cm³/mol. The Morgan fingerprint density at radius 2 is 1.05 bits per heavy atom. The number of H-pyrrole nitrogens is 2. The maximum atomic E-state index is 12.8. The van der Waals surface area contributed by atoms with Crippen molar-refractivity contribution in [2.45, 2.75) is 189 Å². The van der Waals surface area contributed by atoms with Gasteiger partial charge in [0, 0.05) is 136 Å². The topological polar surface area (TPSA) is 250 Å². The summed E-state index contributed by atoms with van der Waals surface area (Å²) in [5.41, 5.74) is 5.07. The zero-order chi connectivity index (χ0) is 99.4. The molecule has 21 rings (SSSR count). The monoisotopic (exact) mass is 2000 g/mol. The molecule has 140 heavy (non-hydrogen) atoms. The number of likely N-dealkylation sites (tertiary alicyclic amines) is 8. The molecule has 762 valence electrons. The van der Waals surface area contributed by atoms with Crippen LogP contribution in [0.1, 0.15) is 208 Å². The van der Waals surface area contributed by atoms with E-state index in [0.29, 0.717) is 85.9 Å². The fourth-order valence-electron chi connectivity index (χ4n) is 20.0. The van der Waals surface area contributed by atoms with Crippen molar-refractivity contribution in [1.82, 2.24) is 103 Å². The summed E-state index contributed by atoms with van der Waals surface area (Å²) in [5, 5.41) is 33.6. The molecule has 1 spiro atoms. The summed E-state index contributed by atoms with van der Waals surface area (Å²) in [6.45, 7) is 19.9. The molecule has 27 nitrogen and oxygen atoms in total. The van der Waals surface area contributed by atoms with Crippen LogP contribution in [0.15, 0.2) is 174 Å². The summed E-state index contributed by atoms with van der Waals surface area (Å²) >= 11 is 17.4. The van der Waals surface area contributed by atoms with E-state index in [2.05, 4.69) is 190 Å². The number of tetrazole rings is 1. The lowest BCUT2D eigenvalue weighted by atomic mass is 9.79. The van der Waals surface area contributed by atoms with E-state index in [1.807, 2.05) is 120 Å². The van der Waals surface area contributed by atoms with Crippen LogP contribution >= 0.6 is 34.8 Å². The number of hydrogen-bond donors (Lipinski definition) is 3. The fraction of sp³-hybridized carbons (Fsp3) is 0.548. The van der Waals surface area contributed by atoms with Crippen LogP contribution in [0.5, 0.6) is 0 Å². The van der Waals surface area contributed by atoms with Crippen LogP contribution in [-0.4, -0.2) is 302 Å². The molecule has 0 saturated carbocycles. The van der Waals surface area contributed by atoms with Crippen molar-refractivity contribution < 1.29 is 50.2 Å². The predicted octanol–water partition coefficient (Wildman–Crippen LogP) is 18.3. The second-order valence-corrected chi connectivity index (χ2v) is 40.4. The number of aromatic amines is 2. The van der Waals surface area contributed by atoms with Crippen LogP contribution in [-0.2, 0) is 51.7 Å². The largest absolute Gasteiger partial charge is 0.461 e.